The van der Waals surface area contributed by atoms with Gasteiger partial charge >= 0.3 is 0 Å². The molecule has 0 aliphatic heterocycles. The van der Waals surface area contributed by atoms with E-state index in [0.29, 0.717) is 6.54 Å². The van der Waals surface area contributed by atoms with Crippen molar-refractivity contribution in [2.45, 2.75) is 13.0 Å². The first-order valence-corrected chi connectivity index (χ1v) is 4.81. The maximum atomic E-state index is 5.62. The summed E-state index contributed by atoms with van der Waals surface area (Å²) < 4.78 is 1.84. The molecule has 1 unspecified atom stereocenters. The van der Waals surface area contributed by atoms with Crippen LogP contribution in [0.15, 0.2) is 18.7 Å². The highest BCUT2D eigenvalue weighted by molar-refractivity contribution is 5.63. The summed E-state index contributed by atoms with van der Waals surface area (Å²) >= 11 is 0. The highest BCUT2D eigenvalue weighted by Gasteiger charge is 2.13. The number of likely N-dealkylation sites (N-methyl/N-ethyl adjacent to an activating group) is 1. The summed E-state index contributed by atoms with van der Waals surface area (Å²) in [5.74, 6) is 0.799. The van der Waals surface area contributed by atoms with Gasteiger partial charge in [0.15, 0.2) is 5.82 Å². The zero-order valence-corrected chi connectivity index (χ0v) is 8.83. The number of anilines is 1. The molecule has 0 fully saturated rings. The van der Waals surface area contributed by atoms with Crippen LogP contribution in [0.25, 0.3) is 5.65 Å². The summed E-state index contributed by atoms with van der Waals surface area (Å²) in [6, 6.07) is 0.223. The standard InChI is InChI=1S/C9H14N6/c1-7(5-10)14(2)8-9-13-12-6-15(9)4-3-11-8/h3-4,6-7H,5,10H2,1-2H3. The zero-order chi connectivity index (χ0) is 10.8. The Kier molecular flexibility index (Phi) is 2.51. The van der Waals surface area contributed by atoms with E-state index in [4.69, 9.17) is 5.73 Å². The lowest BCUT2D eigenvalue weighted by molar-refractivity contribution is 0.687. The molecule has 0 bridgehead atoms. The summed E-state index contributed by atoms with van der Waals surface area (Å²) in [6.45, 7) is 2.62. The van der Waals surface area contributed by atoms with Crippen LogP contribution < -0.4 is 10.6 Å². The third-order valence-electron chi connectivity index (χ3n) is 2.53. The largest absolute Gasteiger partial charge is 0.353 e. The van der Waals surface area contributed by atoms with E-state index in [1.807, 2.05) is 29.5 Å². The average molecular weight is 206 g/mol. The molecule has 0 aliphatic carbocycles. The van der Waals surface area contributed by atoms with E-state index in [0.717, 1.165) is 11.5 Å². The molecule has 6 nitrogen and oxygen atoms in total. The Bertz CT molecular complexity index is 451. The van der Waals surface area contributed by atoms with E-state index in [2.05, 4.69) is 15.2 Å². The quantitative estimate of drug-likeness (QED) is 0.759. The molecule has 2 rings (SSSR count). The molecule has 2 aromatic heterocycles. The number of aromatic nitrogens is 4. The average Bonchev–Trinajstić information content (AvgIpc) is 2.74. The Labute approximate surface area is 87.7 Å². The first-order valence-electron chi connectivity index (χ1n) is 4.81. The number of hydrogen-bond acceptors (Lipinski definition) is 5. The second-order valence-electron chi connectivity index (χ2n) is 3.51. The van der Waals surface area contributed by atoms with E-state index in [1.165, 1.54) is 0 Å². The van der Waals surface area contributed by atoms with Crippen LogP contribution in [0.1, 0.15) is 6.92 Å². The second-order valence-corrected chi connectivity index (χ2v) is 3.51. The van der Waals surface area contributed by atoms with Gasteiger partial charge in [-0.15, -0.1) is 10.2 Å². The highest BCUT2D eigenvalue weighted by Crippen LogP contribution is 2.16. The van der Waals surface area contributed by atoms with Gasteiger partial charge in [0.2, 0.25) is 5.65 Å². The monoisotopic (exact) mass is 206 g/mol. The van der Waals surface area contributed by atoms with Gasteiger partial charge in [0, 0.05) is 32.0 Å². The highest BCUT2D eigenvalue weighted by atomic mass is 15.3. The lowest BCUT2D eigenvalue weighted by atomic mass is 10.3. The summed E-state index contributed by atoms with van der Waals surface area (Å²) in [4.78, 5) is 6.30. The van der Waals surface area contributed by atoms with Crippen LogP contribution >= 0.6 is 0 Å². The van der Waals surface area contributed by atoms with Crippen LogP contribution in [0.4, 0.5) is 5.82 Å². The van der Waals surface area contributed by atoms with E-state index in [-0.39, 0.29) is 6.04 Å². The molecule has 0 saturated heterocycles. The lowest BCUT2D eigenvalue weighted by Gasteiger charge is -2.24. The fraction of sp³-hybridized carbons (Fsp3) is 0.444. The van der Waals surface area contributed by atoms with Crippen molar-refractivity contribution in [3.05, 3.63) is 18.7 Å². The number of hydrogen-bond donors (Lipinski definition) is 1. The fourth-order valence-corrected chi connectivity index (χ4v) is 1.36. The molecular formula is C9H14N6. The second kappa shape index (κ2) is 3.82. The zero-order valence-electron chi connectivity index (χ0n) is 8.83. The molecule has 1 atom stereocenters. The van der Waals surface area contributed by atoms with Gasteiger partial charge in [-0.3, -0.25) is 4.40 Å². The van der Waals surface area contributed by atoms with E-state index >= 15 is 0 Å². The number of nitrogens with two attached hydrogens (primary N) is 1. The molecule has 2 N–H and O–H groups in total. The van der Waals surface area contributed by atoms with Gasteiger partial charge in [-0.2, -0.15) is 0 Å². The van der Waals surface area contributed by atoms with Gasteiger partial charge in [0.1, 0.15) is 6.33 Å². The Hall–Kier alpha value is -1.69. The molecule has 0 aromatic carbocycles. The molecule has 2 aromatic rings. The molecule has 0 amide bonds. The number of nitrogens with zero attached hydrogens (tertiary/aromatic N) is 5. The Morgan fingerprint density at radius 3 is 3.13 bits per heavy atom. The van der Waals surface area contributed by atoms with E-state index < -0.39 is 0 Å². The minimum absolute atomic E-state index is 0.223. The van der Waals surface area contributed by atoms with Crippen LogP contribution in [0, 0.1) is 0 Å². The molecule has 0 radical (unpaired) electrons. The normalized spacial score (nSPS) is 13.0. The third kappa shape index (κ3) is 1.63. The smallest absolute Gasteiger partial charge is 0.203 e. The summed E-state index contributed by atoms with van der Waals surface area (Å²) in [5, 5.41) is 7.87. The van der Waals surface area contributed by atoms with Gasteiger partial charge in [0.25, 0.3) is 0 Å². The Morgan fingerprint density at radius 1 is 1.60 bits per heavy atom. The van der Waals surface area contributed by atoms with E-state index in [1.54, 1.807) is 12.5 Å². The van der Waals surface area contributed by atoms with Gasteiger partial charge in [-0.1, -0.05) is 0 Å². The molecule has 0 saturated carbocycles. The predicted molar refractivity (Wildman–Crippen MR) is 57.7 cm³/mol. The van der Waals surface area contributed by atoms with Crippen molar-refractivity contribution in [1.29, 1.82) is 0 Å². The Balaban J connectivity index is 2.46. The summed E-state index contributed by atoms with van der Waals surface area (Å²) in [6.07, 6.45) is 5.20. The first-order chi connectivity index (χ1) is 7.24. The van der Waals surface area contributed by atoms with Crippen molar-refractivity contribution in [2.75, 3.05) is 18.5 Å². The van der Waals surface area contributed by atoms with Crippen LogP contribution in [0.2, 0.25) is 0 Å². The van der Waals surface area contributed by atoms with Crippen molar-refractivity contribution in [1.82, 2.24) is 19.6 Å². The summed E-state index contributed by atoms with van der Waals surface area (Å²) in [5.41, 5.74) is 6.37. The minimum atomic E-state index is 0.223. The maximum Gasteiger partial charge on any atom is 0.203 e. The van der Waals surface area contributed by atoms with Crippen LogP contribution in [-0.4, -0.2) is 39.2 Å². The molecule has 6 heteroatoms. The van der Waals surface area contributed by atoms with Crippen molar-refractivity contribution in [2.24, 2.45) is 5.73 Å². The number of rotatable bonds is 3. The van der Waals surface area contributed by atoms with Gasteiger partial charge < -0.3 is 10.6 Å². The van der Waals surface area contributed by atoms with Crippen LogP contribution in [0.5, 0.6) is 0 Å². The van der Waals surface area contributed by atoms with Gasteiger partial charge in [-0.05, 0) is 6.92 Å². The van der Waals surface area contributed by atoms with Crippen LogP contribution in [-0.2, 0) is 0 Å². The minimum Gasteiger partial charge on any atom is -0.353 e. The van der Waals surface area contributed by atoms with E-state index in [9.17, 15) is 0 Å². The van der Waals surface area contributed by atoms with Crippen LogP contribution in [0.3, 0.4) is 0 Å². The van der Waals surface area contributed by atoms with Crippen molar-refractivity contribution in [3.8, 4) is 0 Å². The topological polar surface area (TPSA) is 72.3 Å². The Morgan fingerprint density at radius 2 is 2.40 bits per heavy atom. The first kappa shape index (κ1) is 9.85. The molecular weight excluding hydrogens is 192 g/mol. The van der Waals surface area contributed by atoms with Gasteiger partial charge in [-0.25, -0.2) is 4.98 Å². The molecule has 0 aliphatic rings. The van der Waals surface area contributed by atoms with Crippen molar-refractivity contribution in [3.63, 3.8) is 0 Å². The van der Waals surface area contributed by atoms with Crippen molar-refractivity contribution < 1.29 is 0 Å². The lowest BCUT2D eigenvalue weighted by Crippen LogP contribution is -2.36. The molecule has 15 heavy (non-hydrogen) atoms. The summed E-state index contributed by atoms with van der Waals surface area (Å²) in [7, 11) is 1.95. The van der Waals surface area contributed by atoms with Crippen molar-refractivity contribution >= 4 is 11.5 Å². The predicted octanol–water partition coefficient (Wildman–Crippen LogP) is -0.0923. The molecule has 0 spiro atoms. The third-order valence-corrected chi connectivity index (χ3v) is 2.53. The molecule has 2 heterocycles. The van der Waals surface area contributed by atoms with Gasteiger partial charge in [0.05, 0.1) is 0 Å². The fourth-order valence-electron chi connectivity index (χ4n) is 1.36. The number of fused-ring (bicyclic) bond motifs is 1. The molecule has 80 valence electrons. The SMILES string of the molecule is CC(CN)N(C)c1nccn2cnnc12. The maximum absolute atomic E-state index is 5.62.